The fourth-order valence-corrected chi connectivity index (χ4v) is 16.9. The standard InChI is InChI=1S/C34H34ClN5O4S.C22H23BrClNO3S.C12H12N4O.C12H12N2O3.C8H7BrN2/c1-7-43-32(42)29(44-34(3,4)5)26-19(2)16-24-30(27(26)20-8-11-23(35)12-9-20)45-33(38-24)40-15-14-36-28(31(40)41)21-10-13-25-22(17-21)18-37-39(25)6;1-6-27-20(26)18(28-22(3,4)5)16-12(2)11-15-19(29-21(23)25-15)17(16)13-7-9-14(24)10-8-13;1-16-10-3-2-8(6-9(10)7-15-16)11-12(17)14-5-4-13-11;1-3-17-12(16)11(15)8-4-5-10-9(6-8)7-13-14(10)2;1-11-8-3-2-7(9)4-6(8)5-10-11/h8-13,16-18,29H,7,14-15H2,1-6H3;7-11,18H,6H2,1-5H3;2-3,6-7H,4-5H2,1H3,(H,14,17);4-7H,3H2,1-2H3;2-5H,1H3/t29-;18-;;;/m00.../s1. The van der Waals surface area contributed by atoms with Crippen molar-refractivity contribution in [3.8, 4) is 22.3 Å². The number of nitrogens with zero attached hydrogens (tertiary/aromatic N) is 13. The zero-order valence-corrected chi connectivity index (χ0v) is 74.6. The van der Waals surface area contributed by atoms with E-state index in [2.05, 4.69) is 83.3 Å². The molecule has 0 radical (unpaired) electrons. The Labute approximate surface area is 721 Å². The lowest BCUT2D eigenvalue weighted by Crippen LogP contribution is -2.42. The smallest absolute Gasteiger partial charge is 0.379 e. The van der Waals surface area contributed by atoms with Crippen LogP contribution in [0, 0.1) is 13.8 Å². The van der Waals surface area contributed by atoms with Crippen LogP contribution in [0.2, 0.25) is 10.0 Å². The summed E-state index contributed by atoms with van der Waals surface area (Å²) in [6.45, 7) is 23.5. The molecule has 31 heteroatoms. The molecule has 16 rings (SSSR count). The number of hydrogen-bond acceptors (Lipinski definition) is 21. The van der Waals surface area contributed by atoms with Crippen molar-refractivity contribution in [1.82, 2.24) is 54.4 Å². The Balaban J connectivity index is 0.000000149. The maximum Gasteiger partial charge on any atom is 0.379 e. The molecule has 2 amide bonds. The molecule has 0 unspecified atom stereocenters. The van der Waals surface area contributed by atoms with Gasteiger partial charge in [-0.05, 0) is 211 Å². The number of esters is 3. The van der Waals surface area contributed by atoms with Crippen molar-refractivity contribution in [3.63, 3.8) is 0 Å². The number of halogens is 4. The number of amides is 2. The van der Waals surface area contributed by atoms with E-state index in [1.807, 2.05) is 208 Å². The predicted octanol–water partition coefficient (Wildman–Crippen LogP) is 18.3. The molecule has 1 N–H and O–H groups in total. The molecule has 2 atom stereocenters. The Morgan fingerprint density at radius 2 is 0.933 bits per heavy atom. The summed E-state index contributed by atoms with van der Waals surface area (Å²) in [6, 6.07) is 41.7. The van der Waals surface area contributed by atoms with Crippen LogP contribution < -0.4 is 10.2 Å². The first-order valence-corrected chi connectivity index (χ1v) is 42.2. The Morgan fingerprint density at radius 1 is 0.513 bits per heavy atom. The number of aliphatic imine (C=N–C) groups is 2. The lowest BCUT2D eigenvalue weighted by Gasteiger charge is -2.29. The van der Waals surface area contributed by atoms with Crippen molar-refractivity contribution in [2.75, 3.05) is 50.9 Å². The molecular weight excluding hydrogens is 1720 g/mol. The summed E-state index contributed by atoms with van der Waals surface area (Å²) in [6.07, 6.45) is 5.25. The Kier molecular flexibility index (Phi) is 27.7. The first kappa shape index (κ1) is 87.6. The number of rotatable bonds is 16. The molecule has 0 bridgehead atoms. The highest BCUT2D eigenvalue weighted by Crippen LogP contribution is 2.47. The highest BCUT2D eigenvalue weighted by atomic mass is 79.9. The number of hydrogen-bond donors (Lipinski definition) is 1. The van der Waals surface area contributed by atoms with Crippen LogP contribution in [0.4, 0.5) is 5.13 Å². The number of carbonyl (C=O) groups excluding carboxylic acids is 6. The van der Waals surface area contributed by atoms with Gasteiger partial charge in [0.2, 0.25) is 0 Å². The second-order valence-corrected chi connectivity index (χ2v) is 34.7. The van der Waals surface area contributed by atoms with Gasteiger partial charge in [-0.15, -0.1) is 11.3 Å². The monoisotopic (exact) mass is 1810 g/mol. The minimum Gasteiger partial charge on any atom is -0.464 e. The van der Waals surface area contributed by atoms with Gasteiger partial charge in [-0.25, -0.2) is 24.4 Å². The lowest BCUT2D eigenvalue weighted by atomic mass is 9.91. The minimum absolute atomic E-state index is 0.0977. The number of ketones is 1. The Morgan fingerprint density at radius 3 is 1.40 bits per heavy atom. The molecule has 0 aliphatic carbocycles. The largest absolute Gasteiger partial charge is 0.464 e. The van der Waals surface area contributed by atoms with Gasteiger partial charge in [0.1, 0.15) is 11.4 Å². The molecule has 616 valence electrons. The van der Waals surface area contributed by atoms with Crippen molar-refractivity contribution in [3.05, 3.63) is 216 Å². The van der Waals surface area contributed by atoms with Crippen LogP contribution in [0.15, 0.2) is 177 Å². The first-order chi connectivity index (χ1) is 56.7. The van der Waals surface area contributed by atoms with E-state index in [0.717, 1.165) is 112 Å². The fraction of sp³-hybridized carbons (Fsp3) is 0.295. The normalized spacial score (nSPS) is 13.5. The van der Waals surface area contributed by atoms with E-state index in [1.165, 1.54) is 28.1 Å². The summed E-state index contributed by atoms with van der Waals surface area (Å²) in [5, 5.41) is 25.2. The number of ether oxygens (including phenoxy) is 5. The molecule has 8 aromatic carbocycles. The SMILES string of the molecule is CCOC(=O)C(=O)c1ccc2c(cnn2C)c1.CCOC(=O)[C@@H](OC(C)(C)C)c1c(C)cc2nc(Br)sc2c1-c1ccc(Cl)cc1.CCOC(=O)[C@@H](OC(C)(C)C)c1c(C)cc2nc(N3CCN=C(c4ccc5c(cnn5C)c4)C3=O)sc2c1-c1ccc(Cl)cc1.Cn1ncc2cc(Br)ccc21.Cn1ncc2cc(C3=NCCNC3=O)ccc21. The Hall–Kier alpha value is -10.8. The number of anilines is 1. The summed E-state index contributed by atoms with van der Waals surface area (Å²) >= 11 is 22.2. The third-order valence-corrected chi connectivity index (χ3v) is 22.6. The summed E-state index contributed by atoms with van der Waals surface area (Å²) < 4.78 is 39.0. The quantitative estimate of drug-likeness (QED) is 0.0407. The van der Waals surface area contributed by atoms with E-state index < -0.39 is 47.1 Å². The van der Waals surface area contributed by atoms with E-state index in [9.17, 15) is 28.8 Å². The van der Waals surface area contributed by atoms with Crippen molar-refractivity contribution in [1.29, 1.82) is 0 Å². The van der Waals surface area contributed by atoms with Gasteiger partial charge in [0.05, 0.1) is 111 Å². The molecule has 6 aromatic heterocycles. The van der Waals surface area contributed by atoms with Crippen molar-refractivity contribution in [2.45, 2.75) is 99.6 Å². The van der Waals surface area contributed by atoms with Crippen LogP contribution in [0.1, 0.15) is 118 Å². The average Bonchev–Trinajstić information content (AvgIpc) is 1.66. The van der Waals surface area contributed by atoms with E-state index in [-0.39, 0.29) is 31.6 Å². The molecule has 25 nitrogen and oxygen atoms in total. The van der Waals surface area contributed by atoms with E-state index >= 15 is 0 Å². The third-order valence-electron chi connectivity index (χ3n) is 18.9. The summed E-state index contributed by atoms with van der Waals surface area (Å²) in [5.74, 6) is -2.63. The fourth-order valence-electron chi connectivity index (χ4n) is 13.6. The molecule has 2 aliphatic heterocycles. The van der Waals surface area contributed by atoms with Crippen LogP contribution in [-0.2, 0) is 75.8 Å². The topological polar surface area (TPSA) is 286 Å². The van der Waals surface area contributed by atoms with Gasteiger partial charge in [-0.3, -0.25) is 48.0 Å². The molecule has 0 saturated heterocycles. The van der Waals surface area contributed by atoms with Gasteiger partial charge in [0, 0.05) is 116 Å². The molecule has 0 spiro atoms. The highest BCUT2D eigenvalue weighted by Gasteiger charge is 2.37. The number of thiazole rings is 2. The molecule has 2 aliphatic rings. The van der Waals surface area contributed by atoms with Gasteiger partial charge in [-0.1, -0.05) is 86.9 Å². The number of nitrogens with one attached hydrogen (secondary N) is 1. The summed E-state index contributed by atoms with van der Waals surface area (Å²) in [7, 11) is 7.54. The van der Waals surface area contributed by atoms with Crippen molar-refractivity contribution in [2.24, 2.45) is 38.2 Å². The molecular formula is C88H88Br2Cl2N14O11S2. The predicted molar refractivity (Wildman–Crippen MR) is 477 cm³/mol. The zero-order chi connectivity index (χ0) is 85.5. The van der Waals surface area contributed by atoms with Crippen LogP contribution >= 0.6 is 77.7 Å². The van der Waals surface area contributed by atoms with Crippen LogP contribution in [0.3, 0.4) is 0 Å². The second-order valence-electron chi connectivity index (χ2n) is 29.7. The van der Waals surface area contributed by atoms with Crippen molar-refractivity contribution < 1.29 is 52.5 Å². The van der Waals surface area contributed by atoms with Gasteiger partial charge >= 0.3 is 17.9 Å². The Bertz CT molecular complexity index is 6250. The van der Waals surface area contributed by atoms with Crippen molar-refractivity contribution >= 4 is 194 Å². The van der Waals surface area contributed by atoms with Crippen LogP contribution in [0.5, 0.6) is 0 Å². The summed E-state index contributed by atoms with van der Waals surface area (Å²) in [5.41, 5.74) is 14.1. The molecule has 8 heterocycles. The number of fused-ring (bicyclic) bond motifs is 6. The van der Waals surface area contributed by atoms with Gasteiger partial charge in [-0.2, -0.15) is 20.4 Å². The van der Waals surface area contributed by atoms with Gasteiger partial charge in [0.25, 0.3) is 17.6 Å². The van der Waals surface area contributed by atoms with E-state index in [4.69, 9.17) is 47.1 Å². The van der Waals surface area contributed by atoms with Crippen LogP contribution in [-0.4, -0.2) is 153 Å². The minimum atomic E-state index is -0.983. The number of benzene rings is 8. The number of Topliss-reactive ketones (excluding diaryl/α,β-unsaturated/α-hetero) is 1. The summed E-state index contributed by atoms with van der Waals surface area (Å²) in [4.78, 5) is 95.1. The second kappa shape index (κ2) is 37.7. The van der Waals surface area contributed by atoms with Gasteiger partial charge < -0.3 is 29.0 Å². The first-order valence-electron chi connectivity index (χ1n) is 38.2. The number of aromatic nitrogens is 10. The van der Waals surface area contributed by atoms with E-state index in [1.54, 1.807) is 71.8 Å². The van der Waals surface area contributed by atoms with E-state index in [0.29, 0.717) is 69.4 Å². The maximum atomic E-state index is 13.9. The molecule has 119 heavy (non-hydrogen) atoms. The lowest BCUT2D eigenvalue weighted by molar-refractivity contribution is -0.167. The number of aryl methyl sites for hydroxylation is 6. The maximum absolute atomic E-state index is 13.9. The van der Waals surface area contributed by atoms with Crippen LogP contribution in [0.25, 0.3) is 86.3 Å². The highest BCUT2D eigenvalue weighted by molar-refractivity contribution is 9.11. The third kappa shape index (κ3) is 20.4. The average molecular weight is 1810 g/mol. The zero-order valence-electron chi connectivity index (χ0n) is 68.2. The number of carbonyl (C=O) groups is 6. The molecule has 0 saturated carbocycles. The molecule has 0 fully saturated rings. The molecule has 14 aromatic rings. The van der Waals surface area contributed by atoms with Gasteiger partial charge in [0.15, 0.2) is 21.3 Å².